The van der Waals surface area contributed by atoms with Gasteiger partial charge in [0.25, 0.3) is 0 Å². The molecule has 0 fully saturated rings. The number of sulfonamides is 1. The van der Waals surface area contributed by atoms with Gasteiger partial charge in [-0.1, -0.05) is 18.2 Å². The van der Waals surface area contributed by atoms with Crippen molar-refractivity contribution in [2.24, 2.45) is 5.14 Å². The lowest BCUT2D eigenvalue weighted by molar-refractivity contribution is -0.121. The molecule has 8 heteroatoms. The molecule has 2 aromatic rings. The third-order valence-corrected chi connectivity index (χ3v) is 4.97. The van der Waals surface area contributed by atoms with Crippen LogP contribution in [0.25, 0.3) is 0 Å². The summed E-state index contributed by atoms with van der Waals surface area (Å²) in [5.41, 5.74) is 1.57. The number of benzene rings is 2. The van der Waals surface area contributed by atoms with Gasteiger partial charge in [0.2, 0.25) is 15.9 Å². The van der Waals surface area contributed by atoms with E-state index in [2.05, 4.69) is 5.32 Å². The number of rotatable bonds is 8. The zero-order valence-corrected chi connectivity index (χ0v) is 17.2. The summed E-state index contributed by atoms with van der Waals surface area (Å²) in [6.07, 6.45) is 0.151. The second kappa shape index (κ2) is 9.07. The van der Waals surface area contributed by atoms with Crippen molar-refractivity contribution in [2.75, 3.05) is 7.11 Å². The van der Waals surface area contributed by atoms with E-state index in [1.165, 1.54) is 12.1 Å². The molecular formula is C20H26N2O5S. The van der Waals surface area contributed by atoms with E-state index in [1.807, 2.05) is 39.0 Å². The first-order valence-corrected chi connectivity index (χ1v) is 10.4. The summed E-state index contributed by atoms with van der Waals surface area (Å²) < 4.78 is 33.6. The fourth-order valence-corrected chi connectivity index (χ4v) is 3.18. The maximum absolute atomic E-state index is 12.3. The van der Waals surface area contributed by atoms with Crippen molar-refractivity contribution in [1.82, 2.24) is 5.32 Å². The Labute approximate surface area is 165 Å². The molecule has 0 bridgehead atoms. The summed E-state index contributed by atoms with van der Waals surface area (Å²) in [6, 6.07) is 11.2. The molecule has 0 aliphatic rings. The minimum absolute atomic E-state index is 0.0147. The van der Waals surface area contributed by atoms with Gasteiger partial charge in [-0.15, -0.1) is 0 Å². The largest absolute Gasteiger partial charge is 0.493 e. The van der Waals surface area contributed by atoms with Crippen LogP contribution in [0.15, 0.2) is 47.4 Å². The lowest BCUT2D eigenvalue weighted by Gasteiger charge is -2.18. The fourth-order valence-electron chi connectivity index (χ4n) is 2.66. The summed E-state index contributed by atoms with van der Waals surface area (Å²) in [5, 5.41) is 8.00. The van der Waals surface area contributed by atoms with Gasteiger partial charge >= 0.3 is 0 Å². The van der Waals surface area contributed by atoms with Crippen molar-refractivity contribution in [2.45, 2.75) is 44.2 Å². The van der Waals surface area contributed by atoms with Crippen LogP contribution in [0.5, 0.6) is 11.5 Å². The molecule has 28 heavy (non-hydrogen) atoms. The fraction of sp³-hybridized carbons (Fsp3) is 0.350. The second-order valence-corrected chi connectivity index (χ2v) is 8.29. The molecule has 0 saturated heterocycles. The highest BCUT2D eigenvalue weighted by atomic mass is 32.2. The third-order valence-electron chi connectivity index (χ3n) is 4.04. The molecule has 1 atom stereocenters. The van der Waals surface area contributed by atoms with Crippen molar-refractivity contribution in [3.63, 3.8) is 0 Å². The third kappa shape index (κ3) is 5.97. The van der Waals surface area contributed by atoms with Crippen LogP contribution in [0.2, 0.25) is 0 Å². The number of primary sulfonamides is 1. The average Bonchev–Trinajstić information content (AvgIpc) is 2.61. The molecule has 0 aliphatic heterocycles. The molecule has 3 N–H and O–H groups in total. The Morgan fingerprint density at radius 1 is 1.07 bits per heavy atom. The normalized spacial score (nSPS) is 12.5. The highest BCUT2D eigenvalue weighted by Crippen LogP contribution is 2.31. The van der Waals surface area contributed by atoms with E-state index in [0.717, 1.165) is 5.56 Å². The Balaban J connectivity index is 2.03. The van der Waals surface area contributed by atoms with E-state index >= 15 is 0 Å². The van der Waals surface area contributed by atoms with Crippen LogP contribution in [0.3, 0.4) is 0 Å². The first-order valence-electron chi connectivity index (χ1n) is 8.86. The Hall–Kier alpha value is -2.58. The predicted molar refractivity (Wildman–Crippen MR) is 107 cm³/mol. The van der Waals surface area contributed by atoms with E-state index in [9.17, 15) is 13.2 Å². The molecule has 2 aromatic carbocycles. The molecule has 7 nitrogen and oxygen atoms in total. The lowest BCUT2D eigenvalue weighted by atomic mass is 10.1. The van der Waals surface area contributed by atoms with Crippen LogP contribution in [0.4, 0.5) is 0 Å². The van der Waals surface area contributed by atoms with Crippen molar-refractivity contribution in [3.05, 3.63) is 53.6 Å². The number of ether oxygens (including phenoxy) is 2. The molecule has 0 heterocycles. The SMILES string of the molecule is COc1cc(C(C)NC(=O)Cc2ccc(S(N)(=O)=O)cc2)ccc1OC(C)C. The van der Waals surface area contributed by atoms with E-state index in [1.54, 1.807) is 19.2 Å². The Bertz CT molecular complexity index is 924. The van der Waals surface area contributed by atoms with Gasteiger partial charge in [0, 0.05) is 0 Å². The number of hydrogen-bond donors (Lipinski definition) is 2. The maximum atomic E-state index is 12.3. The minimum Gasteiger partial charge on any atom is -0.493 e. The smallest absolute Gasteiger partial charge is 0.238 e. The van der Waals surface area contributed by atoms with Crippen molar-refractivity contribution < 1.29 is 22.7 Å². The zero-order chi connectivity index (χ0) is 20.9. The molecule has 1 unspecified atom stereocenters. The first-order chi connectivity index (χ1) is 13.1. The van der Waals surface area contributed by atoms with Crippen molar-refractivity contribution >= 4 is 15.9 Å². The van der Waals surface area contributed by atoms with E-state index < -0.39 is 10.0 Å². The Morgan fingerprint density at radius 2 is 1.71 bits per heavy atom. The lowest BCUT2D eigenvalue weighted by Crippen LogP contribution is -2.28. The summed E-state index contributed by atoms with van der Waals surface area (Å²) in [5.74, 6) is 1.07. The van der Waals surface area contributed by atoms with Gasteiger partial charge in [0.1, 0.15) is 0 Å². The average molecular weight is 407 g/mol. The number of carbonyl (C=O) groups excluding carboxylic acids is 1. The summed E-state index contributed by atoms with van der Waals surface area (Å²) in [4.78, 5) is 12.3. The van der Waals surface area contributed by atoms with Crippen LogP contribution >= 0.6 is 0 Å². The predicted octanol–water partition coefficient (Wildman–Crippen LogP) is 2.55. The molecule has 0 radical (unpaired) electrons. The molecule has 0 aromatic heterocycles. The second-order valence-electron chi connectivity index (χ2n) is 6.73. The van der Waals surface area contributed by atoms with Crippen LogP contribution in [-0.2, 0) is 21.2 Å². The monoisotopic (exact) mass is 406 g/mol. The minimum atomic E-state index is -3.74. The van der Waals surface area contributed by atoms with Gasteiger partial charge in [-0.2, -0.15) is 0 Å². The number of carbonyl (C=O) groups is 1. The summed E-state index contributed by atoms with van der Waals surface area (Å²) in [7, 11) is -2.17. The molecule has 1 amide bonds. The standard InChI is InChI=1S/C20H26N2O5S/c1-13(2)27-18-10-7-16(12-19(18)26-4)14(3)22-20(23)11-15-5-8-17(9-6-15)28(21,24)25/h5-10,12-14H,11H2,1-4H3,(H,22,23)(H2,21,24,25). The summed E-state index contributed by atoms with van der Waals surface area (Å²) in [6.45, 7) is 5.75. The number of hydrogen-bond acceptors (Lipinski definition) is 5. The highest BCUT2D eigenvalue weighted by Gasteiger charge is 2.14. The van der Waals surface area contributed by atoms with E-state index in [-0.39, 0.29) is 29.4 Å². The van der Waals surface area contributed by atoms with Gasteiger partial charge in [-0.3, -0.25) is 4.79 Å². The molecule has 2 rings (SSSR count). The van der Waals surface area contributed by atoms with Gasteiger partial charge < -0.3 is 14.8 Å². The van der Waals surface area contributed by atoms with Gasteiger partial charge in [-0.25, -0.2) is 13.6 Å². The number of methoxy groups -OCH3 is 1. The van der Waals surface area contributed by atoms with Crippen molar-refractivity contribution in [1.29, 1.82) is 0 Å². The van der Waals surface area contributed by atoms with Crippen LogP contribution in [0, 0.1) is 0 Å². The topological polar surface area (TPSA) is 108 Å². The molecule has 0 spiro atoms. The van der Waals surface area contributed by atoms with Gasteiger partial charge in [0.15, 0.2) is 11.5 Å². The highest BCUT2D eigenvalue weighted by molar-refractivity contribution is 7.89. The zero-order valence-electron chi connectivity index (χ0n) is 16.4. The van der Waals surface area contributed by atoms with Gasteiger partial charge in [-0.05, 0) is 56.2 Å². The first kappa shape index (κ1) is 21.7. The van der Waals surface area contributed by atoms with Crippen LogP contribution in [-0.4, -0.2) is 27.5 Å². The number of nitrogens with two attached hydrogens (primary N) is 1. The van der Waals surface area contributed by atoms with Crippen LogP contribution in [0.1, 0.15) is 37.9 Å². The molecule has 152 valence electrons. The van der Waals surface area contributed by atoms with Gasteiger partial charge in [0.05, 0.1) is 30.6 Å². The molecule has 0 aliphatic carbocycles. The number of nitrogens with one attached hydrogen (secondary N) is 1. The van der Waals surface area contributed by atoms with Crippen LogP contribution < -0.4 is 19.9 Å². The number of amides is 1. The molecular weight excluding hydrogens is 380 g/mol. The maximum Gasteiger partial charge on any atom is 0.238 e. The summed E-state index contributed by atoms with van der Waals surface area (Å²) >= 11 is 0. The van der Waals surface area contributed by atoms with E-state index in [0.29, 0.717) is 17.1 Å². The van der Waals surface area contributed by atoms with Crippen molar-refractivity contribution in [3.8, 4) is 11.5 Å². The Kier molecular flexibility index (Phi) is 7.04. The quantitative estimate of drug-likeness (QED) is 0.700. The van der Waals surface area contributed by atoms with E-state index in [4.69, 9.17) is 14.6 Å². The Morgan fingerprint density at radius 3 is 2.25 bits per heavy atom. The molecule has 0 saturated carbocycles.